The van der Waals surface area contributed by atoms with Gasteiger partial charge in [0.2, 0.25) is 0 Å². The van der Waals surface area contributed by atoms with E-state index in [0.717, 1.165) is 24.5 Å². The third kappa shape index (κ3) is 3.77. The molecule has 1 N–H and O–H groups in total. The highest BCUT2D eigenvalue weighted by Gasteiger charge is 2.33. The fourth-order valence-corrected chi connectivity index (χ4v) is 3.38. The zero-order chi connectivity index (χ0) is 19.8. The second-order valence-corrected chi connectivity index (χ2v) is 7.76. The Morgan fingerprint density at radius 2 is 1.44 bits per heavy atom. The van der Waals surface area contributed by atoms with E-state index in [1.807, 2.05) is 0 Å². The molecule has 0 aliphatic rings. The number of phenolic OH excluding ortho intramolecular Hbond substituents is 1. The topological polar surface area (TPSA) is 79.1 Å². The minimum atomic E-state index is -4.61. The molecule has 0 aromatic heterocycles. The summed E-state index contributed by atoms with van der Waals surface area (Å²) in [5, 5.41) is 18.3. The number of fused-ring (bicyclic) bond motifs is 1. The molecule has 0 aliphatic heterocycles. The highest BCUT2D eigenvalue weighted by atomic mass is 32.2. The maximum atomic E-state index is 13.1. The first kappa shape index (κ1) is 18.8. The summed E-state index contributed by atoms with van der Waals surface area (Å²) in [6, 6.07) is 12.0. The molecule has 9 heteroatoms. The predicted octanol–water partition coefficient (Wildman–Crippen LogP) is 5.38. The smallest absolute Gasteiger partial charge is 0.418 e. The molecule has 3 rings (SSSR count). The second kappa shape index (κ2) is 6.66. The van der Waals surface area contributed by atoms with E-state index in [9.17, 15) is 26.7 Å². The van der Waals surface area contributed by atoms with E-state index in [1.54, 1.807) is 18.2 Å². The molecule has 0 amide bonds. The van der Waals surface area contributed by atoms with Gasteiger partial charge in [0.15, 0.2) is 9.84 Å². The lowest BCUT2D eigenvalue weighted by Crippen LogP contribution is -2.04. The molecule has 0 fully saturated rings. The second-order valence-electron chi connectivity index (χ2n) is 5.78. The number of azo groups is 1. The maximum absolute atomic E-state index is 13.1. The number of sulfone groups is 1. The van der Waals surface area contributed by atoms with E-state index in [-0.39, 0.29) is 16.0 Å². The number of hydrogen-bond donors (Lipinski definition) is 1. The van der Waals surface area contributed by atoms with Crippen molar-refractivity contribution in [3.8, 4) is 5.75 Å². The van der Waals surface area contributed by atoms with E-state index in [4.69, 9.17) is 0 Å². The zero-order valence-electron chi connectivity index (χ0n) is 13.9. The Morgan fingerprint density at radius 1 is 0.889 bits per heavy atom. The van der Waals surface area contributed by atoms with Crippen LogP contribution in [0.3, 0.4) is 0 Å². The molecule has 0 heterocycles. The summed E-state index contributed by atoms with van der Waals surface area (Å²) in [7, 11) is -3.79. The van der Waals surface area contributed by atoms with E-state index in [0.29, 0.717) is 5.39 Å². The van der Waals surface area contributed by atoms with E-state index in [1.165, 1.54) is 18.2 Å². The fourth-order valence-electron chi connectivity index (χ4n) is 2.59. The summed E-state index contributed by atoms with van der Waals surface area (Å²) >= 11 is 0. The van der Waals surface area contributed by atoms with Crippen LogP contribution in [0.4, 0.5) is 24.5 Å². The molecule has 0 unspecified atom stereocenters. The van der Waals surface area contributed by atoms with Gasteiger partial charge in [-0.15, -0.1) is 10.2 Å². The van der Waals surface area contributed by atoms with Crippen LogP contribution >= 0.6 is 0 Å². The van der Waals surface area contributed by atoms with Crippen LogP contribution in [0.5, 0.6) is 5.75 Å². The number of halogens is 3. The van der Waals surface area contributed by atoms with Crippen LogP contribution in [0.2, 0.25) is 0 Å². The SMILES string of the molecule is CS(=O)(=O)c1cc(N=Nc2ccccc2C(F)(F)F)c2ccccc2c1O. The molecular formula is C18H13F3N2O3S. The van der Waals surface area contributed by atoms with Crippen LogP contribution in [0.1, 0.15) is 5.56 Å². The van der Waals surface area contributed by atoms with Crippen molar-refractivity contribution < 1.29 is 26.7 Å². The van der Waals surface area contributed by atoms with Crippen molar-refractivity contribution in [1.82, 2.24) is 0 Å². The van der Waals surface area contributed by atoms with Gasteiger partial charge in [0.05, 0.1) is 16.9 Å². The predicted molar refractivity (Wildman–Crippen MR) is 94.3 cm³/mol. The first-order chi connectivity index (χ1) is 12.6. The average Bonchev–Trinajstić information content (AvgIpc) is 2.60. The Labute approximate surface area is 152 Å². The number of hydrogen-bond acceptors (Lipinski definition) is 5. The molecule has 3 aromatic rings. The van der Waals surface area contributed by atoms with Crippen LogP contribution < -0.4 is 0 Å². The zero-order valence-corrected chi connectivity index (χ0v) is 14.7. The Morgan fingerprint density at radius 3 is 2.07 bits per heavy atom. The van der Waals surface area contributed by atoms with Gasteiger partial charge in [-0.3, -0.25) is 0 Å². The van der Waals surface area contributed by atoms with Gasteiger partial charge in [0.1, 0.15) is 10.6 Å². The largest absolute Gasteiger partial charge is 0.506 e. The van der Waals surface area contributed by atoms with Crippen molar-refractivity contribution in [3.05, 3.63) is 60.2 Å². The van der Waals surface area contributed by atoms with Crippen LogP contribution in [0.25, 0.3) is 10.8 Å². The van der Waals surface area contributed by atoms with Gasteiger partial charge in [-0.2, -0.15) is 13.2 Å². The number of phenols is 1. The number of rotatable bonds is 3. The highest BCUT2D eigenvalue weighted by molar-refractivity contribution is 7.90. The van der Waals surface area contributed by atoms with Crippen molar-refractivity contribution in [3.63, 3.8) is 0 Å². The molecule has 0 bridgehead atoms. The molecule has 5 nitrogen and oxygen atoms in total. The molecule has 0 radical (unpaired) electrons. The van der Waals surface area contributed by atoms with Crippen LogP contribution in [0, 0.1) is 0 Å². The lowest BCUT2D eigenvalue weighted by atomic mass is 10.1. The molecule has 0 atom stereocenters. The fraction of sp³-hybridized carbons (Fsp3) is 0.111. The molecule has 3 aromatic carbocycles. The average molecular weight is 394 g/mol. The van der Waals surface area contributed by atoms with Gasteiger partial charge in [0, 0.05) is 17.0 Å². The number of benzene rings is 3. The van der Waals surface area contributed by atoms with Crippen LogP contribution in [0.15, 0.2) is 69.7 Å². The van der Waals surface area contributed by atoms with E-state index in [2.05, 4.69) is 10.2 Å². The number of alkyl halides is 3. The van der Waals surface area contributed by atoms with E-state index >= 15 is 0 Å². The van der Waals surface area contributed by atoms with Crippen molar-refractivity contribution in [2.75, 3.05) is 6.26 Å². The quantitative estimate of drug-likeness (QED) is 0.606. The molecule has 27 heavy (non-hydrogen) atoms. The van der Waals surface area contributed by atoms with Gasteiger partial charge >= 0.3 is 6.18 Å². The lowest BCUT2D eigenvalue weighted by molar-refractivity contribution is -0.137. The van der Waals surface area contributed by atoms with E-state index < -0.39 is 33.0 Å². The lowest BCUT2D eigenvalue weighted by Gasteiger charge is -2.10. The number of nitrogens with zero attached hydrogens (tertiary/aromatic N) is 2. The third-order valence-corrected chi connectivity index (χ3v) is 4.94. The summed E-state index contributed by atoms with van der Waals surface area (Å²) in [5.41, 5.74) is -1.33. The summed E-state index contributed by atoms with van der Waals surface area (Å²) in [6.45, 7) is 0. The summed E-state index contributed by atoms with van der Waals surface area (Å²) in [5.74, 6) is -0.442. The first-order valence-electron chi connectivity index (χ1n) is 7.62. The third-order valence-electron chi connectivity index (χ3n) is 3.83. The van der Waals surface area contributed by atoms with Crippen molar-refractivity contribution in [1.29, 1.82) is 0 Å². The van der Waals surface area contributed by atoms with Gasteiger partial charge in [0.25, 0.3) is 0 Å². The van der Waals surface area contributed by atoms with Crippen LogP contribution in [-0.4, -0.2) is 19.8 Å². The van der Waals surface area contributed by atoms with Gasteiger partial charge in [-0.05, 0) is 18.2 Å². The summed E-state index contributed by atoms with van der Waals surface area (Å²) in [6.07, 6.45) is -3.69. The molecule has 0 saturated carbocycles. The van der Waals surface area contributed by atoms with Gasteiger partial charge in [-0.1, -0.05) is 36.4 Å². The first-order valence-corrected chi connectivity index (χ1v) is 9.51. The summed E-state index contributed by atoms with van der Waals surface area (Å²) < 4.78 is 63.1. The highest BCUT2D eigenvalue weighted by Crippen LogP contribution is 2.40. The monoisotopic (exact) mass is 394 g/mol. The Kier molecular flexibility index (Phi) is 4.64. The van der Waals surface area contributed by atoms with Crippen molar-refractivity contribution in [2.24, 2.45) is 10.2 Å². The molecule has 0 aliphatic carbocycles. The standard InChI is InChI=1S/C18H13F3N2O3S/c1-27(25,26)16-10-15(11-6-2-3-7-12(11)17(16)24)23-22-14-9-5-4-8-13(14)18(19,20)21/h2-10,24H,1H3. The number of aromatic hydroxyl groups is 1. The Hall–Kier alpha value is -2.94. The molecule has 140 valence electrons. The Balaban J connectivity index is 2.22. The molecular weight excluding hydrogens is 381 g/mol. The summed E-state index contributed by atoms with van der Waals surface area (Å²) in [4.78, 5) is -0.376. The molecule has 0 saturated heterocycles. The minimum absolute atomic E-state index is 0.0285. The maximum Gasteiger partial charge on any atom is 0.418 e. The van der Waals surface area contributed by atoms with Gasteiger partial charge in [-0.25, -0.2) is 8.42 Å². The normalized spacial score (nSPS) is 12.7. The van der Waals surface area contributed by atoms with Crippen molar-refractivity contribution in [2.45, 2.75) is 11.1 Å². The molecule has 0 spiro atoms. The minimum Gasteiger partial charge on any atom is -0.506 e. The Bertz CT molecular complexity index is 1160. The van der Waals surface area contributed by atoms with Crippen molar-refractivity contribution >= 4 is 32.0 Å². The van der Waals surface area contributed by atoms with Crippen LogP contribution in [-0.2, 0) is 16.0 Å². The van der Waals surface area contributed by atoms with Gasteiger partial charge < -0.3 is 5.11 Å².